The summed E-state index contributed by atoms with van der Waals surface area (Å²) in [6.45, 7) is 2.74. The first-order chi connectivity index (χ1) is 6.77. The molecule has 1 aromatic heterocycles. The zero-order valence-electron chi connectivity index (χ0n) is 8.19. The quantitative estimate of drug-likeness (QED) is 0.722. The molecule has 2 aromatic rings. The van der Waals surface area contributed by atoms with Gasteiger partial charge >= 0.3 is 0 Å². The smallest absolute Gasteiger partial charge is 0.169 e. The third kappa shape index (κ3) is 1.09. The minimum atomic E-state index is 0.608. The van der Waals surface area contributed by atoms with Crippen LogP contribution in [0.3, 0.4) is 0 Å². The van der Waals surface area contributed by atoms with E-state index < -0.39 is 0 Å². The van der Waals surface area contributed by atoms with Crippen LogP contribution in [-0.4, -0.2) is 22.1 Å². The highest BCUT2D eigenvalue weighted by atomic mass is 16.5. The lowest BCUT2D eigenvalue weighted by Crippen LogP contribution is -2.00. The Morgan fingerprint density at radius 3 is 2.93 bits per heavy atom. The highest BCUT2D eigenvalue weighted by Gasteiger charge is 2.11. The first-order valence-corrected chi connectivity index (χ1v) is 4.43. The highest BCUT2D eigenvalue weighted by molar-refractivity contribution is 5.87. The second-order valence-electron chi connectivity index (χ2n) is 2.96. The summed E-state index contributed by atoms with van der Waals surface area (Å²) in [5.41, 5.74) is 8.05. The van der Waals surface area contributed by atoms with Crippen molar-refractivity contribution in [3.63, 3.8) is 0 Å². The van der Waals surface area contributed by atoms with E-state index in [2.05, 4.69) is 10.3 Å². The van der Waals surface area contributed by atoms with E-state index in [-0.39, 0.29) is 0 Å². The molecular weight excluding hydrogens is 180 g/mol. The lowest BCUT2D eigenvalue weighted by atomic mass is 10.2. The number of nitrogens with zero attached hydrogens (tertiary/aromatic N) is 3. The number of hydrogen-bond acceptors (Lipinski definition) is 4. The number of nitrogens with two attached hydrogens (primary N) is 1. The van der Waals surface area contributed by atoms with Gasteiger partial charge in [0.2, 0.25) is 0 Å². The number of anilines is 1. The number of methoxy groups -OCH3 is 1. The fraction of sp³-hybridized carbons (Fsp3) is 0.333. The standard InChI is InChI=1S/C9H12N4O/c1-3-13-8-7(11-12-13)5-4-6(10)9(8)14-2/h4-5H,3,10H2,1-2H3. The summed E-state index contributed by atoms with van der Waals surface area (Å²) in [5, 5.41) is 8.01. The molecule has 0 aliphatic carbocycles. The Bertz CT molecular complexity index is 463. The van der Waals surface area contributed by atoms with Gasteiger partial charge < -0.3 is 10.5 Å². The van der Waals surface area contributed by atoms with Crippen LogP contribution in [0.1, 0.15) is 6.92 Å². The predicted octanol–water partition coefficient (Wildman–Crippen LogP) is 1.04. The molecule has 0 saturated heterocycles. The first kappa shape index (κ1) is 8.80. The van der Waals surface area contributed by atoms with Crippen molar-refractivity contribution in [1.29, 1.82) is 0 Å². The number of rotatable bonds is 2. The van der Waals surface area contributed by atoms with Crippen LogP contribution < -0.4 is 10.5 Å². The van der Waals surface area contributed by atoms with Gasteiger partial charge in [-0.1, -0.05) is 5.21 Å². The van der Waals surface area contributed by atoms with Gasteiger partial charge in [0.25, 0.3) is 0 Å². The van der Waals surface area contributed by atoms with Crippen molar-refractivity contribution in [2.24, 2.45) is 0 Å². The molecule has 0 atom stereocenters. The highest BCUT2D eigenvalue weighted by Crippen LogP contribution is 2.30. The molecule has 2 N–H and O–H groups in total. The monoisotopic (exact) mass is 192 g/mol. The molecule has 5 heteroatoms. The van der Waals surface area contributed by atoms with Crippen molar-refractivity contribution in [3.05, 3.63) is 12.1 Å². The van der Waals surface area contributed by atoms with Crippen LogP contribution in [0, 0.1) is 0 Å². The predicted molar refractivity (Wildman–Crippen MR) is 54.2 cm³/mol. The molecule has 1 aromatic carbocycles. The van der Waals surface area contributed by atoms with Gasteiger partial charge in [-0.2, -0.15) is 0 Å². The Kier molecular flexibility index (Phi) is 1.99. The zero-order chi connectivity index (χ0) is 10.1. The molecule has 0 spiro atoms. The van der Waals surface area contributed by atoms with Crippen molar-refractivity contribution >= 4 is 16.7 Å². The SMILES string of the molecule is CCn1nnc2ccc(N)c(OC)c21. The molecule has 74 valence electrons. The summed E-state index contributed by atoms with van der Waals surface area (Å²) in [5.74, 6) is 0.648. The Morgan fingerprint density at radius 1 is 1.50 bits per heavy atom. The van der Waals surface area contributed by atoms with Gasteiger partial charge in [-0.3, -0.25) is 0 Å². The number of hydrogen-bond donors (Lipinski definition) is 1. The van der Waals surface area contributed by atoms with Gasteiger partial charge in [-0.25, -0.2) is 4.68 Å². The molecule has 0 aliphatic heterocycles. The van der Waals surface area contributed by atoms with Crippen LogP contribution in [-0.2, 0) is 6.54 Å². The van der Waals surface area contributed by atoms with Crippen LogP contribution in [0.5, 0.6) is 5.75 Å². The number of aromatic nitrogens is 3. The summed E-state index contributed by atoms with van der Waals surface area (Å²) in [7, 11) is 1.60. The van der Waals surface area contributed by atoms with E-state index in [1.54, 1.807) is 17.9 Å². The van der Waals surface area contributed by atoms with Crippen LogP contribution in [0.2, 0.25) is 0 Å². The van der Waals surface area contributed by atoms with E-state index in [4.69, 9.17) is 10.5 Å². The first-order valence-electron chi connectivity index (χ1n) is 4.43. The van der Waals surface area contributed by atoms with E-state index >= 15 is 0 Å². The molecule has 5 nitrogen and oxygen atoms in total. The second kappa shape index (κ2) is 3.17. The molecular formula is C9H12N4O. The molecule has 0 aliphatic rings. The molecule has 0 unspecified atom stereocenters. The van der Waals surface area contributed by atoms with E-state index in [1.165, 1.54) is 0 Å². The van der Waals surface area contributed by atoms with E-state index in [9.17, 15) is 0 Å². The second-order valence-corrected chi connectivity index (χ2v) is 2.96. The van der Waals surface area contributed by atoms with Gasteiger partial charge in [0.15, 0.2) is 5.75 Å². The van der Waals surface area contributed by atoms with Crippen LogP contribution in [0.15, 0.2) is 12.1 Å². The molecule has 0 saturated carbocycles. The Hall–Kier alpha value is -1.78. The average molecular weight is 192 g/mol. The Labute approximate surface area is 81.5 Å². The third-order valence-corrected chi connectivity index (χ3v) is 2.16. The summed E-state index contributed by atoms with van der Waals surface area (Å²) < 4.78 is 7.00. The van der Waals surface area contributed by atoms with Crippen LogP contribution in [0.4, 0.5) is 5.69 Å². The maximum absolute atomic E-state index is 5.79. The summed E-state index contributed by atoms with van der Waals surface area (Å²) >= 11 is 0. The van der Waals surface area contributed by atoms with E-state index in [1.807, 2.05) is 13.0 Å². The summed E-state index contributed by atoms with van der Waals surface area (Å²) in [6, 6.07) is 3.61. The zero-order valence-corrected chi connectivity index (χ0v) is 8.19. The van der Waals surface area contributed by atoms with Gasteiger partial charge in [-0.05, 0) is 19.1 Å². The normalized spacial score (nSPS) is 10.7. The number of benzene rings is 1. The molecule has 14 heavy (non-hydrogen) atoms. The maximum atomic E-state index is 5.79. The van der Waals surface area contributed by atoms with Crippen molar-refractivity contribution in [1.82, 2.24) is 15.0 Å². The average Bonchev–Trinajstić information content (AvgIpc) is 2.61. The number of fused-ring (bicyclic) bond motifs is 1. The Morgan fingerprint density at radius 2 is 2.29 bits per heavy atom. The molecule has 0 fully saturated rings. The van der Waals surface area contributed by atoms with Crippen molar-refractivity contribution in [2.45, 2.75) is 13.5 Å². The maximum Gasteiger partial charge on any atom is 0.169 e. The molecule has 0 bridgehead atoms. The minimum Gasteiger partial charge on any atom is -0.492 e. The van der Waals surface area contributed by atoms with Crippen LogP contribution in [0.25, 0.3) is 11.0 Å². The van der Waals surface area contributed by atoms with Gasteiger partial charge in [0.05, 0.1) is 12.8 Å². The molecule has 2 rings (SSSR count). The minimum absolute atomic E-state index is 0.608. The van der Waals surface area contributed by atoms with E-state index in [0.29, 0.717) is 11.4 Å². The van der Waals surface area contributed by atoms with Crippen LogP contribution >= 0.6 is 0 Å². The van der Waals surface area contributed by atoms with Gasteiger partial charge in [-0.15, -0.1) is 5.10 Å². The fourth-order valence-corrected chi connectivity index (χ4v) is 1.49. The van der Waals surface area contributed by atoms with Crippen molar-refractivity contribution < 1.29 is 4.74 Å². The van der Waals surface area contributed by atoms with Crippen molar-refractivity contribution in [3.8, 4) is 5.75 Å². The van der Waals surface area contributed by atoms with Gasteiger partial charge in [0, 0.05) is 6.54 Å². The third-order valence-electron chi connectivity index (χ3n) is 2.16. The lowest BCUT2D eigenvalue weighted by molar-refractivity contribution is 0.418. The lowest BCUT2D eigenvalue weighted by Gasteiger charge is -2.06. The molecule has 0 radical (unpaired) electrons. The fourth-order valence-electron chi connectivity index (χ4n) is 1.49. The van der Waals surface area contributed by atoms with Gasteiger partial charge in [0.1, 0.15) is 11.0 Å². The summed E-state index contributed by atoms with van der Waals surface area (Å²) in [6.07, 6.45) is 0. The number of ether oxygens (including phenoxy) is 1. The molecule has 0 amide bonds. The largest absolute Gasteiger partial charge is 0.492 e. The van der Waals surface area contributed by atoms with E-state index in [0.717, 1.165) is 17.6 Å². The topological polar surface area (TPSA) is 66.0 Å². The summed E-state index contributed by atoms with van der Waals surface area (Å²) in [4.78, 5) is 0. The number of nitrogen functional groups attached to an aromatic ring is 1. The number of aryl methyl sites for hydroxylation is 1. The molecule has 1 heterocycles. The van der Waals surface area contributed by atoms with Crippen molar-refractivity contribution in [2.75, 3.05) is 12.8 Å². The Balaban J connectivity index is 2.81.